The van der Waals surface area contributed by atoms with E-state index in [0.29, 0.717) is 23.1 Å². The number of nitrogens with two attached hydrogens (primary N) is 1. The number of phenolic OH excluding ortho intramolecular Hbond substituents is 1. The number of primary amides is 1. The van der Waals surface area contributed by atoms with Gasteiger partial charge in [-0.3, -0.25) is 4.79 Å². The Morgan fingerprint density at radius 1 is 1.50 bits per heavy atom. The molecule has 2 rings (SSSR count). The van der Waals surface area contributed by atoms with Crippen molar-refractivity contribution < 1.29 is 9.90 Å². The SMILES string of the molecule is CCn1c(SCC(N)=O)nnc1-c1cc(Br)ccc1O. The fourth-order valence-corrected chi connectivity index (χ4v) is 2.81. The quantitative estimate of drug-likeness (QED) is 0.799. The summed E-state index contributed by atoms with van der Waals surface area (Å²) >= 11 is 4.59. The molecule has 0 radical (unpaired) electrons. The number of thioether (sulfide) groups is 1. The molecule has 0 atom stereocenters. The monoisotopic (exact) mass is 356 g/mol. The first-order chi connectivity index (χ1) is 9.52. The highest BCUT2D eigenvalue weighted by atomic mass is 79.9. The molecule has 0 saturated heterocycles. The number of carbonyl (C=O) groups is 1. The molecule has 1 heterocycles. The van der Waals surface area contributed by atoms with Crippen molar-refractivity contribution in [3.05, 3.63) is 22.7 Å². The predicted octanol–water partition coefficient (Wildman–Crippen LogP) is 2.01. The van der Waals surface area contributed by atoms with Crippen molar-refractivity contribution in [3.8, 4) is 17.1 Å². The molecule has 0 aliphatic heterocycles. The fourth-order valence-electron chi connectivity index (χ4n) is 1.70. The Kier molecular flexibility index (Phi) is 4.66. The molecule has 106 valence electrons. The second kappa shape index (κ2) is 6.27. The van der Waals surface area contributed by atoms with Crippen LogP contribution in [0.2, 0.25) is 0 Å². The van der Waals surface area contributed by atoms with E-state index in [1.54, 1.807) is 18.2 Å². The number of amides is 1. The van der Waals surface area contributed by atoms with Gasteiger partial charge in [-0.25, -0.2) is 0 Å². The van der Waals surface area contributed by atoms with Gasteiger partial charge in [-0.15, -0.1) is 10.2 Å². The number of hydrogen-bond acceptors (Lipinski definition) is 5. The summed E-state index contributed by atoms with van der Waals surface area (Å²) in [5.74, 6) is 0.412. The number of halogens is 1. The van der Waals surface area contributed by atoms with E-state index in [0.717, 1.165) is 4.47 Å². The number of benzene rings is 1. The molecule has 0 fully saturated rings. The van der Waals surface area contributed by atoms with Crippen molar-refractivity contribution in [2.75, 3.05) is 5.75 Å². The third-order valence-electron chi connectivity index (χ3n) is 2.58. The maximum absolute atomic E-state index is 10.8. The summed E-state index contributed by atoms with van der Waals surface area (Å²) in [7, 11) is 0. The van der Waals surface area contributed by atoms with Gasteiger partial charge in [0, 0.05) is 11.0 Å². The summed E-state index contributed by atoms with van der Waals surface area (Å²) in [6.45, 7) is 2.56. The lowest BCUT2D eigenvalue weighted by Gasteiger charge is -2.08. The highest BCUT2D eigenvalue weighted by Crippen LogP contribution is 2.32. The number of rotatable bonds is 5. The third-order valence-corrected chi connectivity index (χ3v) is 4.06. The number of carbonyl (C=O) groups excluding carboxylic acids is 1. The molecule has 20 heavy (non-hydrogen) atoms. The fraction of sp³-hybridized carbons (Fsp3) is 0.250. The minimum absolute atomic E-state index is 0.127. The average molecular weight is 357 g/mol. The van der Waals surface area contributed by atoms with Gasteiger partial charge in [0.05, 0.1) is 11.3 Å². The number of hydrogen-bond donors (Lipinski definition) is 2. The van der Waals surface area contributed by atoms with Crippen LogP contribution in [0.1, 0.15) is 6.92 Å². The van der Waals surface area contributed by atoms with Crippen LogP contribution in [0.3, 0.4) is 0 Å². The molecule has 1 aromatic heterocycles. The minimum atomic E-state index is -0.410. The molecule has 6 nitrogen and oxygen atoms in total. The van der Waals surface area contributed by atoms with Gasteiger partial charge in [-0.2, -0.15) is 0 Å². The van der Waals surface area contributed by atoms with E-state index in [2.05, 4.69) is 26.1 Å². The zero-order chi connectivity index (χ0) is 14.7. The predicted molar refractivity (Wildman–Crippen MR) is 80.4 cm³/mol. The van der Waals surface area contributed by atoms with Gasteiger partial charge >= 0.3 is 0 Å². The van der Waals surface area contributed by atoms with E-state index in [9.17, 15) is 9.90 Å². The minimum Gasteiger partial charge on any atom is -0.507 e. The Balaban J connectivity index is 2.42. The van der Waals surface area contributed by atoms with Gasteiger partial charge in [-0.1, -0.05) is 27.7 Å². The topological polar surface area (TPSA) is 94.0 Å². The maximum atomic E-state index is 10.8. The normalized spacial score (nSPS) is 10.7. The Morgan fingerprint density at radius 3 is 2.90 bits per heavy atom. The molecule has 0 bridgehead atoms. The van der Waals surface area contributed by atoms with Crippen molar-refractivity contribution in [1.82, 2.24) is 14.8 Å². The molecule has 3 N–H and O–H groups in total. The van der Waals surface area contributed by atoms with Gasteiger partial charge in [0.15, 0.2) is 11.0 Å². The van der Waals surface area contributed by atoms with Crippen molar-refractivity contribution in [3.63, 3.8) is 0 Å². The molecule has 0 aliphatic carbocycles. The van der Waals surface area contributed by atoms with Gasteiger partial charge in [0.1, 0.15) is 5.75 Å². The molecular formula is C12H13BrN4O2S. The van der Waals surface area contributed by atoms with Crippen molar-refractivity contribution in [2.45, 2.75) is 18.6 Å². The van der Waals surface area contributed by atoms with Crippen molar-refractivity contribution in [1.29, 1.82) is 0 Å². The maximum Gasteiger partial charge on any atom is 0.227 e. The van der Waals surface area contributed by atoms with Gasteiger partial charge in [0.25, 0.3) is 0 Å². The Hall–Kier alpha value is -1.54. The van der Waals surface area contributed by atoms with E-state index in [4.69, 9.17) is 5.73 Å². The summed E-state index contributed by atoms with van der Waals surface area (Å²) in [6, 6.07) is 5.10. The number of aromatic hydroxyl groups is 1. The summed E-state index contributed by atoms with van der Waals surface area (Å²) in [6.07, 6.45) is 0. The van der Waals surface area contributed by atoms with E-state index >= 15 is 0 Å². The molecule has 2 aromatic rings. The van der Waals surface area contributed by atoms with Crippen LogP contribution >= 0.6 is 27.7 Å². The average Bonchev–Trinajstić information content (AvgIpc) is 2.81. The first-order valence-corrected chi connectivity index (χ1v) is 7.64. The van der Waals surface area contributed by atoms with Crippen LogP contribution in [0.4, 0.5) is 0 Å². The van der Waals surface area contributed by atoms with Crippen LogP contribution in [0.25, 0.3) is 11.4 Å². The molecule has 0 unspecified atom stereocenters. The summed E-state index contributed by atoms with van der Waals surface area (Å²) in [5, 5.41) is 18.7. The molecule has 1 aromatic carbocycles. The van der Waals surface area contributed by atoms with E-state index in [1.165, 1.54) is 11.8 Å². The number of nitrogens with zero attached hydrogens (tertiary/aromatic N) is 3. The van der Waals surface area contributed by atoms with Crippen LogP contribution in [0, 0.1) is 0 Å². The third kappa shape index (κ3) is 3.13. The van der Waals surface area contributed by atoms with E-state index in [1.807, 2.05) is 11.5 Å². The summed E-state index contributed by atoms with van der Waals surface area (Å²) < 4.78 is 2.66. The van der Waals surface area contributed by atoms with Gasteiger partial charge in [-0.05, 0) is 25.1 Å². The standard InChI is InChI=1S/C12H13BrN4O2S/c1-2-17-11(8-5-7(13)3-4-9(8)18)15-16-12(17)20-6-10(14)19/h3-5,18H,2,6H2,1H3,(H2,14,19). The van der Waals surface area contributed by atoms with E-state index in [-0.39, 0.29) is 11.5 Å². The summed E-state index contributed by atoms with van der Waals surface area (Å²) in [4.78, 5) is 10.8. The van der Waals surface area contributed by atoms with Crippen LogP contribution < -0.4 is 5.73 Å². The molecule has 0 aliphatic rings. The first-order valence-electron chi connectivity index (χ1n) is 5.86. The second-order valence-electron chi connectivity index (χ2n) is 3.97. The van der Waals surface area contributed by atoms with Crippen LogP contribution in [0.5, 0.6) is 5.75 Å². The second-order valence-corrected chi connectivity index (χ2v) is 5.83. The molecule has 0 saturated carbocycles. The molecular weight excluding hydrogens is 344 g/mol. The van der Waals surface area contributed by atoms with Gasteiger partial charge in [0.2, 0.25) is 5.91 Å². The lowest BCUT2D eigenvalue weighted by Crippen LogP contribution is -2.13. The number of aromatic nitrogens is 3. The zero-order valence-electron chi connectivity index (χ0n) is 10.7. The van der Waals surface area contributed by atoms with Crippen LogP contribution in [-0.4, -0.2) is 31.5 Å². The van der Waals surface area contributed by atoms with Crippen molar-refractivity contribution in [2.24, 2.45) is 5.73 Å². The van der Waals surface area contributed by atoms with Crippen LogP contribution in [-0.2, 0) is 11.3 Å². The van der Waals surface area contributed by atoms with Crippen LogP contribution in [0.15, 0.2) is 27.8 Å². The summed E-state index contributed by atoms with van der Waals surface area (Å²) in [5.41, 5.74) is 5.71. The molecule has 8 heteroatoms. The lowest BCUT2D eigenvalue weighted by molar-refractivity contribution is -0.115. The highest BCUT2D eigenvalue weighted by molar-refractivity contribution is 9.10. The van der Waals surface area contributed by atoms with Gasteiger partial charge < -0.3 is 15.4 Å². The Bertz CT molecular complexity index is 644. The van der Waals surface area contributed by atoms with E-state index < -0.39 is 5.91 Å². The molecule has 1 amide bonds. The first kappa shape index (κ1) is 14.9. The zero-order valence-corrected chi connectivity index (χ0v) is 13.1. The number of phenols is 1. The van der Waals surface area contributed by atoms with Crippen molar-refractivity contribution >= 4 is 33.6 Å². The smallest absolute Gasteiger partial charge is 0.227 e. The highest BCUT2D eigenvalue weighted by Gasteiger charge is 2.16. The lowest BCUT2D eigenvalue weighted by atomic mass is 10.2. The Labute approximate surface area is 128 Å². The largest absolute Gasteiger partial charge is 0.507 e. The Morgan fingerprint density at radius 2 is 2.25 bits per heavy atom. The molecule has 0 spiro atoms.